The number of para-hydroxylation sites is 1. The van der Waals surface area contributed by atoms with Crippen molar-refractivity contribution >= 4 is 22.6 Å². The van der Waals surface area contributed by atoms with Crippen molar-refractivity contribution in [3.8, 4) is 22.8 Å². The van der Waals surface area contributed by atoms with Crippen LogP contribution in [0.1, 0.15) is 23.2 Å². The lowest BCUT2D eigenvalue weighted by atomic mass is 10.1. The van der Waals surface area contributed by atoms with E-state index in [2.05, 4.69) is 25.7 Å². The molecule has 0 spiro atoms. The number of benzene rings is 1. The highest BCUT2D eigenvalue weighted by Crippen LogP contribution is 2.37. The first kappa shape index (κ1) is 19.1. The van der Waals surface area contributed by atoms with Crippen molar-refractivity contribution in [3.63, 3.8) is 0 Å². The van der Waals surface area contributed by atoms with Crippen LogP contribution in [-0.4, -0.2) is 50.4 Å². The first-order valence-electron chi connectivity index (χ1n) is 10.1. The van der Waals surface area contributed by atoms with E-state index >= 15 is 0 Å². The number of pyridine rings is 1. The monoisotopic (exact) mass is 417 g/mol. The molecule has 31 heavy (non-hydrogen) atoms. The largest absolute Gasteiger partial charge is 0.494 e. The van der Waals surface area contributed by atoms with Crippen LogP contribution in [0.5, 0.6) is 5.75 Å². The summed E-state index contributed by atoms with van der Waals surface area (Å²) in [6.45, 7) is 0. The molecule has 9 nitrogen and oxygen atoms in total. The first-order valence-corrected chi connectivity index (χ1v) is 10.1. The van der Waals surface area contributed by atoms with Gasteiger partial charge in [0.2, 0.25) is 0 Å². The molecule has 1 amide bonds. The second kappa shape index (κ2) is 7.42. The third kappa shape index (κ3) is 3.27. The smallest absolute Gasteiger partial charge is 0.254 e. The molecule has 158 valence electrons. The molecule has 0 atom stereocenters. The predicted molar refractivity (Wildman–Crippen MR) is 118 cm³/mol. The fourth-order valence-corrected chi connectivity index (χ4v) is 3.76. The van der Waals surface area contributed by atoms with Crippen LogP contribution in [0.25, 0.3) is 28.0 Å². The minimum atomic E-state index is -0.197. The summed E-state index contributed by atoms with van der Waals surface area (Å²) in [6, 6.07) is 8.22. The minimum absolute atomic E-state index is 0.197. The number of hydrogen-bond donors (Lipinski definition) is 2. The Bertz CT molecular complexity index is 1290. The van der Waals surface area contributed by atoms with E-state index in [-0.39, 0.29) is 5.91 Å². The van der Waals surface area contributed by atoms with Gasteiger partial charge in [-0.1, -0.05) is 6.07 Å². The molecule has 0 unspecified atom stereocenters. The van der Waals surface area contributed by atoms with Gasteiger partial charge in [0.15, 0.2) is 11.6 Å². The van der Waals surface area contributed by atoms with Crippen LogP contribution >= 0.6 is 0 Å². The van der Waals surface area contributed by atoms with Crippen molar-refractivity contribution in [1.29, 1.82) is 0 Å². The summed E-state index contributed by atoms with van der Waals surface area (Å²) in [7, 11) is 5.06. The van der Waals surface area contributed by atoms with Gasteiger partial charge in [-0.2, -0.15) is 5.10 Å². The zero-order valence-electron chi connectivity index (χ0n) is 17.6. The number of fused-ring (bicyclic) bond motifs is 1. The Hall–Kier alpha value is -3.88. The third-order valence-electron chi connectivity index (χ3n) is 5.41. The van der Waals surface area contributed by atoms with Gasteiger partial charge in [-0.15, -0.1) is 0 Å². The number of nitrogens with one attached hydrogen (secondary N) is 2. The molecule has 1 aliphatic carbocycles. The molecular formula is C22H23N7O2. The zero-order valence-corrected chi connectivity index (χ0v) is 17.6. The lowest BCUT2D eigenvalue weighted by Gasteiger charge is -2.16. The van der Waals surface area contributed by atoms with Gasteiger partial charge in [0.05, 0.1) is 29.4 Å². The second-order valence-corrected chi connectivity index (χ2v) is 7.57. The highest BCUT2D eigenvalue weighted by molar-refractivity contribution is 6.08. The maximum absolute atomic E-state index is 12.7. The van der Waals surface area contributed by atoms with Crippen LogP contribution < -0.4 is 15.4 Å². The first-order chi connectivity index (χ1) is 15.1. The Morgan fingerprint density at radius 3 is 2.74 bits per heavy atom. The number of rotatable bonds is 6. The number of methoxy groups -OCH3 is 1. The van der Waals surface area contributed by atoms with Gasteiger partial charge in [0.25, 0.3) is 5.91 Å². The summed E-state index contributed by atoms with van der Waals surface area (Å²) in [5, 5.41) is 11.5. The number of carbonyl (C=O) groups is 1. The second-order valence-electron chi connectivity index (χ2n) is 7.57. The lowest BCUT2D eigenvalue weighted by molar-refractivity contribution is 0.0964. The summed E-state index contributed by atoms with van der Waals surface area (Å²) < 4.78 is 9.42. The fourth-order valence-electron chi connectivity index (χ4n) is 3.76. The van der Waals surface area contributed by atoms with Gasteiger partial charge in [0.1, 0.15) is 12.1 Å². The predicted octanol–water partition coefficient (Wildman–Crippen LogP) is 2.76. The summed E-state index contributed by atoms with van der Waals surface area (Å²) in [6.07, 6.45) is 7.48. The molecule has 1 aliphatic rings. The van der Waals surface area contributed by atoms with Crippen LogP contribution in [0.3, 0.4) is 0 Å². The van der Waals surface area contributed by atoms with Gasteiger partial charge in [-0.25, -0.2) is 9.97 Å². The normalized spacial score (nSPS) is 13.4. The highest BCUT2D eigenvalue weighted by atomic mass is 16.5. The summed E-state index contributed by atoms with van der Waals surface area (Å²) in [4.78, 5) is 21.6. The third-order valence-corrected chi connectivity index (χ3v) is 5.41. The van der Waals surface area contributed by atoms with Gasteiger partial charge in [-0.05, 0) is 31.0 Å². The summed E-state index contributed by atoms with van der Waals surface area (Å²) in [5.41, 5.74) is 2.82. The number of amides is 1. The summed E-state index contributed by atoms with van der Waals surface area (Å²) in [5.74, 6) is 1.78. The zero-order chi connectivity index (χ0) is 21.5. The van der Waals surface area contributed by atoms with Crippen LogP contribution in [-0.2, 0) is 7.05 Å². The molecule has 1 saturated carbocycles. The highest BCUT2D eigenvalue weighted by Gasteiger charge is 2.25. The average Bonchev–Trinajstić information content (AvgIpc) is 3.32. The number of carbonyl (C=O) groups excluding carboxylic acids is 1. The van der Waals surface area contributed by atoms with Gasteiger partial charge in [0, 0.05) is 37.9 Å². The number of hydrogen-bond acceptors (Lipinski definition) is 6. The Labute approximate surface area is 179 Å². The molecule has 0 aliphatic heterocycles. The number of ether oxygens (including phenoxy) is 1. The van der Waals surface area contributed by atoms with Crippen molar-refractivity contribution in [2.75, 3.05) is 19.5 Å². The van der Waals surface area contributed by atoms with Crippen molar-refractivity contribution < 1.29 is 9.53 Å². The Morgan fingerprint density at radius 1 is 1.23 bits per heavy atom. The van der Waals surface area contributed by atoms with Gasteiger partial charge >= 0.3 is 0 Å². The van der Waals surface area contributed by atoms with Crippen LogP contribution in [0, 0.1) is 0 Å². The van der Waals surface area contributed by atoms with Crippen molar-refractivity contribution in [2.24, 2.45) is 7.05 Å². The average molecular weight is 417 g/mol. The van der Waals surface area contributed by atoms with E-state index in [4.69, 9.17) is 4.74 Å². The standard InChI is InChI=1S/C22H23N7O2/c1-23-22(30)16-11-24-20(26-13-7-8-13)14-9-10-29(18(14)16)17-6-4-5-15(19(17)31-3)21-25-12-28(2)27-21/h4-6,9-13H,7-8H2,1-3H3,(H,23,30)(H,24,26). The Morgan fingerprint density at radius 2 is 2.06 bits per heavy atom. The van der Waals surface area contributed by atoms with Crippen LogP contribution in [0.15, 0.2) is 43.0 Å². The number of anilines is 1. The van der Waals surface area contributed by atoms with E-state index in [1.165, 1.54) is 0 Å². The van der Waals surface area contributed by atoms with Crippen molar-refractivity contribution in [1.82, 2.24) is 29.6 Å². The number of nitrogens with zero attached hydrogens (tertiary/aromatic N) is 5. The van der Waals surface area contributed by atoms with Gasteiger partial charge in [-0.3, -0.25) is 9.48 Å². The van der Waals surface area contributed by atoms with Crippen LogP contribution in [0.2, 0.25) is 0 Å². The maximum atomic E-state index is 12.7. The van der Waals surface area contributed by atoms with Crippen molar-refractivity contribution in [3.05, 3.63) is 48.5 Å². The Balaban J connectivity index is 1.74. The van der Waals surface area contributed by atoms with E-state index in [1.54, 1.807) is 31.4 Å². The van der Waals surface area contributed by atoms with E-state index in [0.29, 0.717) is 23.2 Å². The van der Waals surface area contributed by atoms with E-state index in [1.807, 2.05) is 42.1 Å². The lowest BCUT2D eigenvalue weighted by Crippen LogP contribution is -2.19. The molecule has 0 bridgehead atoms. The molecule has 2 N–H and O–H groups in total. The molecule has 1 aromatic carbocycles. The van der Waals surface area contributed by atoms with E-state index < -0.39 is 0 Å². The maximum Gasteiger partial charge on any atom is 0.254 e. The van der Waals surface area contributed by atoms with E-state index in [0.717, 1.165) is 40.8 Å². The molecule has 4 aromatic rings. The molecule has 3 aromatic heterocycles. The molecule has 1 fully saturated rings. The van der Waals surface area contributed by atoms with Crippen molar-refractivity contribution in [2.45, 2.75) is 18.9 Å². The quantitative estimate of drug-likeness (QED) is 0.501. The van der Waals surface area contributed by atoms with Crippen LogP contribution in [0.4, 0.5) is 5.82 Å². The Kier molecular flexibility index (Phi) is 4.58. The topological polar surface area (TPSA) is 98.9 Å². The van der Waals surface area contributed by atoms with E-state index in [9.17, 15) is 4.79 Å². The molecular weight excluding hydrogens is 394 g/mol. The fraction of sp³-hybridized carbons (Fsp3) is 0.273. The van der Waals surface area contributed by atoms with Gasteiger partial charge < -0.3 is 19.9 Å². The SMILES string of the molecule is CNC(=O)c1cnc(NC2CC2)c2ccn(-c3cccc(-c4ncn(C)n4)c3OC)c12. The molecule has 3 heterocycles. The number of aromatic nitrogens is 5. The number of aryl methyl sites for hydroxylation is 1. The molecule has 9 heteroatoms. The molecule has 0 radical (unpaired) electrons. The molecule has 5 rings (SSSR count). The minimum Gasteiger partial charge on any atom is -0.494 e. The molecule has 0 saturated heterocycles. The summed E-state index contributed by atoms with van der Waals surface area (Å²) >= 11 is 0.